The zero-order chi connectivity index (χ0) is 12.5. The first-order valence-electron chi connectivity index (χ1n) is 6.37. The Morgan fingerprint density at radius 3 is 2.83 bits per heavy atom. The minimum atomic E-state index is 0.148. The number of alkyl halides is 1. The molecule has 0 spiro atoms. The number of fused-ring (bicyclic) bond motifs is 1. The Kier molecular flexibility index (Phi) is 3.09. The molecule has 0 N–H and O–H groups in total. The van der Waals surface area contributed by atoms with Crippen molar-refractivity contribution >= 4 is 11.6 Å². The number of nitrogens with zero attached hydrogens (tertiary/aromatic N) is 1. The van der Waals surface area contributed by atoms with E-state index in [1.807, 2.05) is 6.20 Å². The standard InChI is InChI=1S/C16H16ClN/c1-11-6-7-13(18-10-11)9-16(17)15-8-12-4-2-3-5-14(12)15/h2-7,10,15-16H,8-9H2,1H3. The lowest BCUT2D eigenvalue weighted by Crippen LogP contribution is -2.27. The smallest absolute Gasteiger partial charge is 0.0463 e. The van der Waals surface area contributed by atoms with Crippen LogP contribution in [0.5, 0.6) is 0 Å². The molecule has 0 bridgehead atoms. The van der Waals surface area contributed by atoms with Crippen LogP contribution < -0.4 is 0 Å². The predicted octanol–water partition coefficient (Wildman–Crippen LogP) is 3.88. The maximum absolute atomic E-state index is 6.54. The van der Waals surface area contributed by atoms with E-state index >= 15 is 0 Å². The van der Waals surface area contributed by atoms with Crippen molar-refractivity contribution in [1.29, 1.82) is 0 Å². The second kappa shape index (κ2) is 4.74. The monoisotopic (exact) mass is 257 g/mol. The minimum Gasteiger partial charge on any atom is -0.261 e. The molecule has 92 valence electrons. The predicted molar refractivity (Wildman–Crippen MR) is 75.2 cm³/mol. The summed E-state index contributed by atoms with van der Waals surface area (Å²) >= 11 is 6.54. The molecule has 2 unspecified atom stereocenters. The number of halogens is 1. The Bertz CT molecular complexity index is 547. The summed E-state index contributed by atoms with van der Waals surface area (Å²) in [5.41, 5.74) is 5.15. The molecule has 1 aromatic heterocycles. The Hall–Kier alpha value is -1.34. The minimum absolute atomic E-state index is 0.148. The van der Waals surface area contributed by atoms with Crippen molar-refractivity contribution in [2.24, 2.45) is 0 Å². The molecule has 3 rings (SSSR count). The molecule has 2 aromatic rings. The molecule has 18 heavy (non-hydrogen) atoms. The lowest BCUT2D eigenvalue weighted by molar-refractivity contribution is 0.563. The van der Waals surface area contributed by atoms with Crippen LogP contribution in [-0.2, 0) is 12.8 Å². The Morgan fingerprint density at radius 1 is 1.28 bits per heavy atom. The van der Waals surface area contributed by atoms with Crippen molar-refractivity contribution in [3.8, 4) is 0 Å². The Labute approximate surface area is 113 Å². The van der Waals surface area contributed by atoms with Crippen LogP contribution in [0, 0.1) is 6.92 Å². The molecule has 1 aliphatic rings. The van der Waals surface area contributed by atoms with Crippen molar-refractivity contribution in [2.75, 3.05) is 0 Å². The van der Waals surface area contributed by atoms with Gasteiger partial charge in [-0.2, -0.15) is 0 Å². The molecular formula is C16H16ClN. The average molecular weight is 258 g/mol. The fourth-order valence-electron chi connectivity index (χ4n) is 2.58. The summed E-state index contributed by atoms with van der Waals surface area (Å²) in [6.07, 6.45) is 3.87. The molecule has 0 saturated carbocycles. The van der Waals surface area contributed by atoms with Gasteiger partial charge in [-0.05, 0) is 36.1 Å². The fourth-order valence-corrected chi connectivity index (χ4v) is 2.96. The Morgan fingerprint density at radius 2 is 2.11 bits per heavy atom. The topological polar surface area (TPSA) is 12.9 Å². The van der Waals surface area contributed by atoms with E-state index in [-0.39, 0.29) is 5.38 Å². The van der Waals surface area contributed by atoms with Crippen molar-refractivity contribution in [3.05, 3.63) is 65.0 Å². The first-order valence-corrected chi connectivity index (χ1v) is 6.81. The third kappa shape index (κ3) is 2.15. The second-order valence-electron chi connectivity index (χ2n) is 5.06. The maximum Gasteiger partial charge on any atom is 0.0463 e. The summed E-state index contributed by atoms with van der Waals surface area (Å²) in [5, 5.41) is 0.148. The third-order valence-corrected chi connectivity index (χ3v) is 4.17. The fraction of sp³-hybridized carbons (Fsp3) is 0.312. The summed E-state index contributed by atoms with van der Waals surface area (Å²) < 4.78 is 0. The van der Waals surface area contributed by atoms with E-state index in [1.165, 1.54) is 16.7 Å². The van der Waals surface area contributed by atoms with Gasteiger partial charge in [-0.3, -0.25) is 4.98 Å². The summed E-state index contributed by atoms with van der Waals surface area (Å²) in [7, 11) is 0. The van der Waals surface area contributed by atoms with Crippen molar-refractivity contribution in [3.63, 3.8) is 0 Å². The molecule has 0 saturated heterocycles. The van der Waals surface area contributed by atoms with Gasteiger partial charge < -0.3 is 0 Å². The number of aryl methyl sites for hydroxylation is 1. The SMILES string of the molecule is Cc1ccc(CC(Cl)C2Cc3ccccc32)nc1. The molecule has 0 fully saturated rings. The molecule has 0 radical (unpaired) electrons. The first-order chi connectivity index (χ1) is 8.74. The van der Waals surface area contributed by atoms with E-state index < -0.39 is 0 Å². The van der Waals surface area contributed by atoms with Crippen molar-refractivity contribution < 1.29 is 0 Å². The van der Waals surface area contributed by atoms with Crippen LogP contribution in [0.15, 0.2) is 42.6 Å². The van der Waals surface area contributed by atoms with Crippen molar-refractivity contribution in [1.82, 2.24) is 4.98 Å². The molecule has 0 aliphatic heterocycles. The highest BCUT2D eigenvalue weighted by atomic mass is 35.5. The average Bonchev–Trinajstić information content (AvgIpc) is 2.34. The number of aromatic nitrogens is 1. The van der Waals surface area contributed by atoms with E-state index in [0.29, 0.717) is 5.92 Å². The maximum atomic E-state index is 6.54. The molecule has 1 heterocycles. The van der Waals surface area contributed by atoms with Crippen molar-refractivity contribution in [2.45, 2.75) is 31.1 Å². The van der Waals surface area contributed by atoms with Crippen LogP contribution in [0.2, 0.25) is 0 Å². The van der Waals surface area contributed by atoms with E-state index in [1.54, 1.807) is 0 Å². The highest BCUT2D eigenvalue weighted by Crippen LogP contribution is 2.40. The quantitative estimate of drug-likeness (QED) is 0.761. The van der Waals surface area contributed by atoms with Gasteiger partial charge in [-0.1, -0.05) is 30.3 Å². The molecule has 2 heteroatoms. The molecular weight excluding hydrogens is 242 g/mol. The molecule has 0 amide bonds. The van der Waals surface area contributed by atoms with E-state index in [0.717, 1.165) is 18.5 Å². The van der Waals surface area contributed by atoms with Gasteiger partial charge in [0, 0.05) is 29.6 Å². The van der Waals surface area contributed by atoms with Gasteiger partial charge in [0.1, 0.15) is 0 Å². The van der Waals surface area contributed by atoms with Gasteiger partial charge in [-0.15, -0.1) is 11.6 Å². The highest BCUT2D eigenvalue weighted by Gasteiger charge is 2.31. The lowest BCUT2D eigenvalue weighted by atomic mass is 9.75. The number of benzene rings is 1. The normalized spacial score (nSPS) is 18.9. The highest BCUT2D eigenvalue weighted by molar-refractivity contribution is 6.21. The summed E-state index contributed by atoms with van der Waals surface area (Å²) in [6, 6.07) is 12.8. The van der Waals surface area contributed by atoms with Gasteiger partial charge in [0.2, 0.25) is 0 Å². The zero-order valence-electron chi connectivity index (χ0n) is 10.4. The van der Waals surface area contributed by atoms with E-state index in [9.17, 15) is 0 Å². The summed E-state index contributed by atoms with van der Waals surface area (Å²) in [6.45, 7) is 2.05. The third-order valence-electron chi connectivity index (χ3n) is 3.71. The van der Waals surface area contributed by atoms with Crippen LogP contribution in [0.1, 0.15) is 28.3 Å². The van der Waals surface area contributed by atoms with Crippen LogP contribution in [-0.4, -0.2) is 10.4 Å². The number of pyridine rings is 1. The number of hydrogen-bond donors (Lipinski definition) is 0. The van der Waals surface area contributed by atoms with Crippen LogP contribution in [0.25, 0.3) is 0 Å². The molecule has 1 aliphatic carbocycles. The number of hydrogen-bond acceptors (Lipinski definition) is 1. The van der Waals surface area contributed by atoms with Crippen LogP contribution >= 0.6 is 11.6 Å². The van der Waals surface area contributed by atoms with Gasteiger partial charge in [0.15, 0.2) is 0 Å². The first kappa shape index (κ1) is 11.7. The summed E-state index contributed by atoms with van der Waals surface area (Å²) in [5.74, 6) is 0.492. The van der Waals surface area contributed by atoms with Crippen LogP contribution in [0.3, 0.4) is 0 Å². The molecule has 1 nitrogen and oxygen atoms in total. The zero-order valence-corrected chi connectivity index (χ0v) is 11.2. The van der Waals surface area contributed by atoms with Gasteiger partial charge in [0.05, 0.1) is 0 Å². The molecule has 1 aromatic carbocycles. The summed E-state index contributed by atoms with van der Waals surface area (Å²) in [4.78, 5) is 4.43. The van der Waals surface area contributed by atoms with Gasteiger partial charge in [0.25, 0.3) is 0 Å². The second-order valence-corrected chi connectivity index (χ2v) is 5.62. The van der Waals surface area contributed by atoms with Gasteiger partial charge in [-0.25, -0.2) is 0 Å². The van der Waals surface area contributed by atoms with E-state index in [4.69, 9.17) is 11.6 Å². The lowest BCUT2D eigenvalue weighted by Gasteiger charge is -2.33. The molecule has 2 atom stereocenters. The number of rotatable bonds is 3. The van der Waals surface area contributed by atoms with Crippen LogP contribution in [0.4, 0.5) is 0 Å². The van der Waals surface area contributed by atoms with Gasteiger partial charge >= 0.3 is 0 Å². The Balaban J connectivity index is 1.70. The largest absolute Gasteiger partial charge is 0.261 e. The van der Waals surface area contributed by atoms with E-state index in [2.05, 4.69) is 48.3 Å².